The lowest BCUT2D eigenvalue weighted by molar-refractivity contribution is -0.155. The molecule has 4 nitrogen and oxygen atoms in total. The average Bonchev–Trinajstić information content (AvgIpc) is 2.83. The van der Waals surface area contributed by atoms with E-state index in [-0.39, 0.29) is 5.91 Å². The lowest BCUT2D eigenvalue weighted by Crippen LogP contribution is -2.50. The predicted octanol–water partition coefficient (Wildman–Crippen LogP) is 2.48. The summed E-state index contributed by atoms with van der Waals surface area (Å²) in [6.45, 7) is 2.21. The number of amides is 1. The van der Waals surface area contributed by atoms with E-state index in [1.165, 1.54) is 5.56 Å². The van der Waals surface area contributed by atoms with Gasteiger partial charge in [-0.05, 0) is 38.2 Å². The molecule has 0 saturated carbocycles. The van der Waals surface area contributed by atoms with E-state index >= 15 is 0 Å². The second kappa shape index (κ2) is 6.07. The maximum Gasteiger partial charge on any atom is 0.329 e. The van der Waals surface area contributed by atoms with Gasteiger partial charge in [0.2, 0.25) is 5.91 Å². The van der Waals surface area contributed by atoms with Crippen LogP contribution in [0.2, 0.25) is 0 Å². The molecule has 1 N–H and O–H groups in total. The molecule has 1 heterocycles. The van der Waals surface area contributed by atoms with Crippen molar-refractivity contribution < 1.29 is 14.7 Å². The zero-order valence-corrected chi connectivity index (χ0v) is 11.8. The Morgan fingerprint density at radius 1 is 1.30 bits per heavy atom. The molecule has 108 valence electrons. The van der Waals surface area contributed by atoms with Gasteiger partial charge in [-0.25, -0.2) is 4.79 Å². The van der Waals surface area contributed by atoms with Crippen LogP contribution in [-0.4, -0.2) is 34.0 Å². The van der Waals surface area contributed by atoms with Gasteiger partial charge in [-0.2, -0.15) is 0 Å². The number of carboxylic acids is 1. The molecule has 1 atom stereocenters. The molecule has 2 rings (SSSR count). The molecule has 0 bridgehead atoms. The lowest BCUT2D eigenvalue weighted by Gasteiger charge is -2.31. The number of hydrogen-bond donors (Lipinski definition) is 1. The number of carbonyl (C=O) groups excluding carboxylic acids is 1. The Kier molecular flexibility index (Phi) is 4.42. The lowest BCUT2D eigenvalue weighted by atomic mass is 9.98. The fourth-order valence-electron chi connectivity index (χ4n) is 2.81. The van der Waals surface area contributed by atoms with Gasteiger partial charge in [0.05, 0.1) is 0 Å². The Labute approximate surface area is 119 Å². The van der Waals surface area contributed by atoms with Crippen LogP contribution in [-0.2, 0) is 16.0 Å². The molecule has 4 heteroatoms. The first kappa shape index (κ1) is 14.6. The van der Waals surface area contributed by atoms with Crippen molar-refractivity contribution >= 4 is 11.9 Å². The Bertz CT molecular complexity index is 486. The number of carboxylic acid groups (broad SMARTS) is 1. The minimum atomic E-state index is -1.01. The van der Waals surface area contributed by atoms with E-state index in [9.17, 15) is 14.7 Å². The van der Waals surface area contributed by atoms with Crippen LogP contribution in [0, 0.1) is 0 Å². The summed E-state index contributed by atoms with van der Waals surface area (Å²) in [7, 11) is 0. The predicted molar refractivity (Wildman–Crippen MR) is 76.4 cm³/mol. The number of rotatable bonds is 5. The van der Waals surface area contributed by atoms with Crippen LogP contribution in [0.15, 0.2) is 30.3 Å². The van der Waals surface area contributed by atoms with Crippen LogP contribution < -0.4 is 0 Å². The van der Waals surface area contributed by atoms with E-state index < -0.39 is 11.5 Å². The quantitative estimate of drug-likeness (QED) is 0.898. The van der Waals surface area contributed by atoms with Crippen molar-refractivity contribution in [3.63, 3.8) is 0 Å². The van der Waals surface area contributed by atoms with Crippen molar-refractivity contribution in [3.8, 4) is 0 Å². The number of nitrogens with zero attached hydrogens (tertiary/aromatic N) is 1. The van der Waals surface area contributed by atoms with Gasteiger partial charge in [-0.1, -0.05) is 30.3 Å². The molecular formula is C16H21NO3. The largest absolute Gasteiger partial charge is 0.480 e. The SMILES string of the molecule is CC1(C(=O)O)CCCN1C(=O)CCCc1ccccc1. The summed E-state index contributed by atoms with van der Waals surface area (Å²) in [6, 6.07) is 10.0. The van der Waals surface area contributed by atoms with Gasteiger partial charge in [0, 0.05) is 13.0 Å². The standard InChI is InChI=1S/C16H21NO3/c1-16(15(19)20)11-6-12-17(16)14(18)10-5-9-13-7-3-2-4-8-13/h2-4,7-8H,5-6,9-12H2,1H3,(H,19,20). The summed E-state index contributed by atoms with van der Waals surface area (Å²) in [5, 5.41) is 9.30. The monoisotopic (exact) mass is 275 g/mol. The van der Waals surface area contributed by atoms with Crippen LogP contribution in [0.3, 0.4) is 0 Å². The molecule has 20 heavy (non-hydrogen) atoms. The molecule has 0 spiro atoms. The van der Waals surface area contributed by atoms with Crippen molar-refractivity contribution in [2.45, 2.75) is 44.6 Å². The molecule has 0 radical (unpaired) electrons. The summed E-state index contributed by atoms with van der Waals surface area (Å²) in [5.41, 5.74) is 0.201. The zero-order valence-electron chi connectivity index (χ0n) is 11.8. The highest BCUT2D eigenvalue weighted by atomic mass is 16.4. The van der Waals surface area contributed by atoms with Crippen molar-refractivity contribution in [3.05, 3.63) is 35.9 Å². The molecule has 1 unspecified atom stereocenters. The number of aliphatic carboxylic acids is 1. The van der Waals surface area contributed by atoms with Gasteiger partial charge in [0.1, 0.15) is 5.54 Å². The third-order valence-corrected chi connectivity index (χ3v) is 4.10. The normalized spacial score (nSPS) is 21.9. The summed E-state index contributed by atoms with van der Waals surface area (Å²) < 4.78 is 0. The number of hydrogen-bond acceptors (Lipinski definition) is 2. The summed E-state index contributed by atoms with van der Waals surface area (Å²) in [6.07, 6.45) is 3.34. The third-order valence-electron chi connectivity index (χ3n) is 4.10. The molecule has 1 aliphatic rings. The highest BCUT2D eigenvalue weighted by Gasteiger charge is 2.45. The van der Waals surface area contributed by atoms with Crippen LogP contribution in [0.4, 0.5) is 0 Å². The second-order valence-electron chi connectivity index (χ2n) is 5.57. The highest BCUT2D eigenvalue weighted by molar-refractivity contribution is 5.87. The molecular weight excluding hydrogens is 254 g/mol. The van der Waals surface area contributed by atoms with E-state index in [4.69, 9.17) is 0 Å². The van der Waals surface area contributed by atoms with Gasteiger partial charge in [-0.3, -0.25) is 4.79 Å². The first-order valence-corrected chi connectivity index (χ1v) is 7.12. The van der Waals surface area contributed by atoms with Crippen LogP contribution in [0.1, 0.15) is 38.2 Å². The zero-order chi connectivity index (χ0) is 14.6. The maximum atomic E-state index is 12.2. The fraction of sp³-hybridized carbons (Fsp3) is 0.500. The summed E-state index contributed by atoms with van der Waals surface area (Å²) >= 11 is 0. The van der Waals surface area contributed by atoms with Crippen molar-refractivity contribution in [2.24, 2.45) is 0 Å². The molecule has 1 aromatic carbocycles. The first-order valence-electron chi connectivity index (χ1n) is 7.12. The minimum absolute atomic E-state index is 0.0386. The highest BCUT2D eigenvalue weighted by Crippen LogP contribution is 2.30. The van der Waals surface area contributed by atoms with E-state index in [2.05, 4.69) is 0 Å². The smallest absolute Gasteiger partial charge is 0.329 e. The topological polar surface area (TPSA) is 57.6 Å². The van der Waals surface area contributed by atoms with E-state index in [0.717, 1.165) is 19.3 Å². The van der Waals surface area contributed by atoms with E-state index in [0.29, 0.717) is 19.4 Å². The van der Waals surface area contributed by atoms with E-state index in [1.807, 2.05) is 30.3 Å². The molecule has 1 aromatic rings. The van der Waals surface area contributed by atoms with Crippen LogP contribution >= 0.6 is 0 Å². The van der Waals surface area contributed by atoms with Gasteiger partial charge < -0.3 is 10.0 Å². The third kappa shape index (κ3) is 3.00. The van der Waals surface area contributed by atoms with Crippen molar-refractivity contribution in [1.29, 1.82) is 0 Å². The Hall–Kier alpha value is -1.84. The summed E-state index contributed by atoms with van der Waals surface area (Å²) in [5.74, 6) is -0.935. The van der Waals surface area contributed by atoms with Gasteiger partial charge in [-0.15, -0.1) is 0 Å². The number of benzene rings is 1. The number of aryl methyl sites for hydroxylation is 1. The van der Waals surface area contributed by atoms with Gasteiger partial charge in [0.15, 0.2) is 0 Å². The fourth-order valence-corrected chi connectivity index (χ4v) is 2.81. The minimum Gasteiger partial charge on any atom is -0.480 e. The molecule has 0 aromatic heterocycles. The van der Waals surface area contributed by atoms with Gasteiger partial charge >= 0.3 is 5.97 Å². The van der Waals surface area contributed by atoms with Gasteiger partial charge in [0.25, 0.3) is 0 Å². The van der Waals surface area contributed by atoms with Crippen LogP contribution in [0.25, 0.3) is 0 Å². The van der Waals surface area contributed by atoms with Crippen LogP contribution in [0.5, 0.6) is 0 Å². The molecule has 0 aliphatic carbocycles. The Morgan fingerprint density at radius 2 is 2.00 bits per heavy atom. The van der Waals surface area contributed by atoms with E-state index in [1.54, 1.807) is 11.8 Å². The number of likely N-dealkylation sites (tertiary alicyclic amines) is 1. The average molecular weight is 275 g/mol. The summed E-state index contributed by atoms with van der Waals surface area (Å²) in [4.78, 5) is 25.1. The maximum absolute atomic E-state index is 12.2. The molecule has 1 fully saturated rings. The Morgan fingerprint density at radius 3 is 2.65 bits per heavy atom. The first-order chi connectivity index (χ1) is 9.54. The second-order valence-corrected chi connectivity index (χ2v) is 5.57. The number of carbonyl (C=O) groups is 2. The molecule has 1 saturated heterocycles. The van der Waals surface area contributed by atoms with Crippen molar-refractivity contribution in [1.82, 2.24) is 4.90 Å². The van der Waals surface area contributed by atoms with Crippen molar-refractivity contribution in [2.75, 3.05) is 6.54 Å². The Balaban J connectivity index is 1.87. The molecule has 1 amide bonds. The molecule has 1 aliphatic heterocycles.